The lowest BCUT2D eigenvalue weighted by Crippen LogP contribution is -2.34. The average molecular weight is 305 g/mol. The maximum Gasteiger partial charge on any atom is 0.0722 e. The predicted molar refractivity (Wildman–Crippen MR) is 95.3 cm³/mol. The van der Waals surface area contributed by atoms with Crippen molar-refractivity contribution in [3.63, 3.8) is 0 Å². The van der Waals surface area contributed by atoms with Gasteiger partial charge < -0.3 is 9.80 Å². The summed E-state index contributed by atoms with van der Waals surface area (Å²) < 4.78 is 0. The van der Waals surface area contributed by atoms with Crippen LogP contribution in [0.5, 0.6) is 0 Å². The van der Waals surface area contributed by atoms with Crippen LogP contribution in [0.3, 0.4) is 0 Å². The Morgan fingerprint density at radius 1 is 1.17 bits per heavy atom. The smallest absolute Gasteiger partial charge is 0.0722 e. The SMILES string of the molecule is CC1=C2c3cccc4c3N(CC4)C3=C(C(C)CCC3)N2CC=N1. The molecule has 0 amide bonds. The molecule has 0 saturated carbocycles. The molecule has 3 heteroatoms. The van der Waals surface area contributed by atoms with Crippen molar-refractivity contribution in [2.24, 2.45) is 10.9 Å². The van der Waals surface area contributed by atoms with Gasteiger partial charge in [-0.1, -0.05) is 25.1 Å². The summed E-state index contributed by atoms with van der Waals surface area (Å²) in [5, 5.41) is 0. The molecule has 0 saturated heterocycles. The first kappa shape index (κ1) is 13.4. The molecule has 1 aromatic rings. The first-order valence-electron chi connectivity index (χ1n) is 8.89. The Labute approximate surface area is 138 Å². The van der Waals surface area contributed by atoms with Crippen LogP contribution in [0.1, 0.15) is 44.2 Å². The van der Waals surface area contributed by atoms with Crippen LogP contribution in [0, 0.1) is 5.92 Å². The largest absolute Gasteiger partial charge is 0.342 e. The zero-order valence-electron chi connectivity index (χ0n) is 14.0. The van der Waals surface area contributed by atoms with Gasteiger partial charge in [0, 0.05) is 29.7 Å². The van der Waals surface area contributed by atoms with E-state index in [1.807, 2.05) is 0 Å². The van der Waals surface area contributed by atoms with Gasteiger partial charge in [0.25, 0.3) is 0 Å². The molecule has 1 unspecified atom stereocenters. The van der Waals surface area contributed by atoms with Gasteiger partial charge in [-0.15, -0.1) is 0 Å². The molecule has 118 valence electrons. The molecule has 1 aliphatic carbocycles. The number of hydrogen-bond donors (Lipinski definition) is 0. The van der Waals surface area contributed by atoms with E-state index in [4.69, 9.17) is 0 Å². The Bertz CT molecular complexity index is 784. The molecule has 5 rings (SSSR count). The third-order valence-electron chi connectivity index (χ3n) is 5.84. The summed E-state index contributed by atoms with van der Waals surface area (Å²) >= 11 is 0. The highest BCUT2D eigenvalue weighted by molar-refractivity contribution is 5.88. The highest BCUT2D eigenvalue weighted by Crippen LogP contribution is 2.49. The van der Waals surface area contributed by atoms with E-state index in [-0.39, 0.29) is 0 Å². The van der Waals surface area contributed by atoms with E-state index in [0.29, 0.717) is 5.92 Å². The van der Waals surface area contributed by atoms with Crippen LogP contribution < -0.4 is 4.90 Å². The zero-order valence-corrected chi connectivity index (χ0v) is 14.0. The quantitative estimate of drug-likeness (QED) is 0.716. The summed E-state index contributed by atoms with van der Waals surface area (Å²) in [5.74, 6) is 0.631. The topological polar surface area (TPSA) is 18.8 Å². The number of benzene rings is 1. The number of hydrogen-bond acceptors (Lipinski definition) is 3. The van der Waals surface area contributed by atoms with Gasteiger partial charge in [0.05, 0.1) is 23.6 Å². The molecule has 23 heavy (non-hydrogen) atoms. The minimum absolute atomic E-state index is 0.631. The molecule has 1 atom stereocenters. The molecular weight excluding hydrogens is 282 g/mol. The van der Waals surface area contributed by atoms with E-state index in [2.05, 4.69) is 53.1 Å². The first-order chi connectivity index (χ1) is 11.3. The first-order valence-corrected chi connectivity index (χ1v) is 8.89. The van der Waals surface area contributed by atoms with Crippen molar-refractivity contribution in [3.8, 4) is 0 Å². The molecule has 0 bridgehead atoms. The van der Waals surface area contributed by atoms with E-state index >= 15 is 0 Å². The number of rotatable bonds is 0. The zero-order chi connectivity index (χ0) is 15.6. The van der Waals surface area contributed by atoms with Crippen LogP contribution in [0.4, 0.5) is 5.69 Å². The number of anilines is 1. The van der Waals surface area contributed by atoms with Crippen molar-refractivity contribution in [3.05, 3.63) is 46.4 Å². The number of para-hydroxylation sites is 1. The van der Waals surface area contributed by atoms with Crippen molar-refractivity contribution >= 4 is 17.6 Å². The fraction of sp³-hybridized carbons (Fsp3) is 0.450. The summed E-state index contributed by atoms with van der Waals surface area (Å²) in [4.78, 5) is 9.86. The van der Waals surface area contributed by atoms with E-state index < -0.39 is 0 Å². The highest BCUT2D eigenvalue weighted by Gasteiger charge is 2.38. The van der Waals surface area contributed by atoms with Crippen LogP contribution >= 0.6 is 0 Å². The van der Waals surface area contributed by atoms with Crippen LogP contribution in [0.2, 0.25) is 0 Å². The highest BCUT2D eigenvalue weighted by atomic mass is 15.3. The number of nitrogens with zero attached hydrogens (tertiary/aromatic N) is 3. The lowest BCUT2D eigenvalue weighted by Gasteiger charge is -2.38. The van der Waals surface area contributed by atoms with Crippen LogP contribution in [0.25, 0.3) is 5.70 Å². The third kappa shape index (κ3) is 1.73. The summed E-state index contributed by atoms with van der Waals surface area (Å²) in [6.07, 6.45) is 7.08. The normalized spacial score (nSPS) is 25.4. The molecule has 0 N–H and O–H groups in total. The molecule has 0 spiro atoms. The molecule has 0 fully saturated rings. The van der Waals surface area contributed by atoms with Crippen LogP contribution in [0.15, 0.2) is 40.3 Å². The monoisotopic (exact) mass is 305 g/mol. The van der Waals surface area contributed by atoms with Gasteiger partial charge in [-0.05, 0) is 44.1 Å². The molecule has 1 aromatic carbocycles. The maximum atomic E-state index is 4.66. The van der Waals surface area contributed by atoms with Gasteiger partial charge in [0.1, 0.15) is 0 Å². The van der Waals surface area contributed by atoms with Gasteiger partial charge >= 0.3 is 0 Å². The lowest BCUT2D eigenvalue weighted by molar-refractivity contribution is 0.401. The third-order valence-corrected chi connectivity index (χ3v) is 5.84. The van der Waals surface area contributed by atoms with Crippen LogP contribution in [-0.4, -0.2) is 24.2 Å². The van der Waals surface area contributed by atoms with Crippen molar-refractivity contribution in [1.82, 2.24) is 4.90 Å². The fourth-order valence-electron chi connectivity index (χ4n) is 4.90. The number of fused-ring (bicyclic) bond motifs is 4. The molecule has 3 aliphatic heterocycles. The van der Waals surface area contributed by atoms with Crippen molar-refractivity contribution in [2.45, 2.75) is 39.5 Å². The maximum absolute atomic E-state index is 4.66. The minimum atomic E-state index is 0.631. The Balaban J connectivity index is 1.86. The van der Waals surface area contributed by atoms with Gasteiger partial charge in [0.15, 0.2) is 0 Å². The summed E-state index contributed by atoms with van der Waals surface area (Å²) in [7, 11) is 0. The van der Waals surface area contributed by atoms with E-state index in [1.54, 1.807) is 11.4 Å². The van der Waals surface area contributed by atoms with Crippen molar-refractivity contribution in [2.75, 3.05) is 18.0 Å². The molecule has 3 heterocycles. The van der Waals surface area contributed by atoms with Gasteiger partial charge in [-0.3, -0.25) is 4.99 Å². The predicted octanol–water partition coefficient (Wildman–Crippen LogP) is 4.17. The van der Waals surface area contributed by atoms with Crippen molar-refractivity contribution < 1.29 is 0 Å². The molecular formula is C20H23N3. The lowest BCUT2D eigenvalue weighted by atomic mass is 9.89. The van der Waals surface area contributed by atoms with E-state index in [1.165, 1.54) is 48.2 Å². The van der Waals surface area contributed by atoms with E-state index in [0.717, 1.165) is 18.8 Å². The van der Waals surface area contributed by atoms with Gasteiger partial charge in [-0.2, -0.15) is 0 Å². The Kier molecular flexibility index (Phi) is 2.76. The fourth-order valence-corrected chi connectivity index (χ4v) is 4.90. The van der Waals surface area contributed by atoms with Crippen LogP contribution in [-0.2, 0) is 6.42 Å². The Morgan fingerprint density at radius 2 is 2.09 bits per heavy atom. The summed E-state index contributed by atoms with van der Waals surface area (Å²) in [6, 6.07) is 6.83. The van der Waals surface area contributed by atoms with Crippen molar-refractivity contribution in [1.29, 1.82) is 0 Å². The molecule has 0 radical (unpaired) electrons. The van der Waals surface area contributed by atoms with Gasteiger partial charge in [0.2, 0.25) is 0 Å². The van der Waals surface area contributed by atoms with Gasteiger partial charge in [-0.25, -0.2) is 0 Å². The van der Waals surface area contributed by atoms with E-state index in [9.17, 15) is 0 Å². The Morgan fingerprint density at radius 3 is 3.00 bits per heavy atom. The minimum Gasteiger partial charge on any atom is -0.342 e. The second-order valence-corrected chi connectivity index (χ2v) is 7.20. The molecule has 3 nitrogen and oxygen atoms in total. The number of allylic oxidation sites excluding steroid dienone is 3. The summed E-state index contributed by atoms with van der Waals surface area (Å²) in [6.45, 7) is 6.61. The average Bonchev–Trinajstić information content (AvgIpc) is 2.93. The molecule has 0 aromatic heterocycles. The standard InChI is InChI=1S/C20H23N3/c1-13-5-3-8-17-18(13)23-12-10-21-14(2)19(23)16-7-4-6-15-9-11-22(17)20(15)16/h4,6-7,10,13H,3,5,8-9,11-12H2,1-2H3. The second kappa shape index (κ2) is 4.73. The number of aliphatic imine (C=N–C) groups is 1. The summed E-state index contributed by atoms with van der Waals surface area (Å²) in [5.41, 5.74) is 9.98. The second-order valence-electron chi connectivity index (χ2n) is 7.20. The Hall–Kier alpha value is -2.03. The molecule has 4 aliphatic rings.